The molecule has 144 valence electrons. The normalized spacial score (nSPS) is 18.1. The predicted molar refractivity (Wildman–Crippen MR) is 107 cm³/mol. The van der Waals surface area contributed by atoms with Crippen molar-refractivity contribution in [2.24, 2.45) is 5.92 Å². The molecule has 1 heterocycles. The monoisotopic (exact) mass is 452 g/mol. The van der Waals surface area contributed by atoms with Crippen LogP contribution in [0.5, 0.6) is 5.75 Å². The Labute approximate surface area is 167 Å². The number of amides is 1. The van der Waals surface area contributed by atoms with Gasteiger partial charge in [0.15, 0.2) is 0 Å². The number of para-hydroxylation sites is 2. The third kappa shape index (κ3) is 4.51. The smallest absolute Gasteiger partial charge is 0.243 e. The molecule has 0 aliphatic carbocycles. The number of hydrogen-bond acceptors (Lipinski definition) is 4. The number of hydrogen-bond donors (Lipinski definition) is 1. The first-order valence-electron chi connectivity index (χ1n) is 8.61. The SMILES string of the molecule is COc1ccccc1NC(=O)C1CCCN(S(=O)(=O)c2ccc(Br)cc2)C1. The second kappa shape index (κ2) is 8.41. The first kappa shape index (κ1) is 19.9. The molecule has 1 atom stereocenters. The minimum atomic E-state index is -3.62. The van der Waals surface area contributed by atoms with E-state index in [1.807, 2.05) is 12.1 Å². The molecule has 1 aliphatic rings. The lowest BCUT2D eigenvalue weighted by molar-refractivity contribution is -0.120. The van der Waals surface area contributed by atoms with Gasteiger partial charge in [-0.25, -0.2) is 8.42 Å². The second-order valence-corrected chi connectivity index (χ2v) is 9.20. The molecule has 1 N–H and O–H groups in total. The molecule has 27 heavy (non-hydrogen) atoms. The molecule has 1 saturated heterocycles. The summed E-state index contributed by atoms with van der Waals surface area (Å²) < 4.78 is 33.2. The number of piperidine rings is 1. The number of halogens is 1. The van der Waals surface area contributed by atoms with Gasteiger partial charge in [0.2, 0.25) is 15.9 Å². The minimum Gasteiger partial charge on any atom is -0.495 e. The zero-order chi connectivity index (χ0) is 19.4. The van der Waals surface area contributed by atoms with Crippen LogP contribution < -0.4 is 10.1 Å². The molecule has 6 nitrogen and oxygen atoms in total. The van der Waals surface area contributed by atoms with Crippen molar-refractivity contribution in [3.63, 3.8) is 0 Å². The largest absolute Gasteiger partial charge is 0.495 e. The van der Waals surface area contributed by atoms with Gasteiger partial charge in [-0.2, -0.15) is 4.31 Å². The van der Waals surface area contributed by atoms with E-state index in [0.717, 1.165) is 4.47 Å². The maximum absolute atomic E-state index is 12.9. The zero-order valence-electron chi connectivity index (χ0n) is 14.9. The number of ether oxygens (including phenoxy) is 1. The maximum Gasteiger partial charge on any atom is 0.243 e. The number of carbonyl (C=O) groups is 1. The number of benzene rings is 2. The van der Waals surface area contributed by atoms with Crippen molar-refractivity contribution in [3.8, 4) is 5.75 Å². The van der Waals surface area contributed by atoms with Crippen molar-refractivity contribution in [1.82, 2.24) is 4.31 Å². The van der Waals surface area contributed by atoms with Gasteiger partial charge in [-0.3, -0.25) is 4.79 Å². The summed E-state index contributed by atoms with van der Waals surface area (Å²) in [5, 5.41) is 2.86. The van der Waals surface area contributed by atoms with Gasteiger partial charge in [0.25, 0.3) is 0 Å². The Morgan fingerprint density at radius 2 is 1.89 bits per heavy atom. The molecular formula is C19H21BrN2O4S. The fourth-order valence-electron chi connectivity index (χ4n) is 3.11. The van der Waals surface area contributed by atoms with Crippen molar-refractivity contribution in [1.29, 1.82) is 0 Å². The van der Waals surface area contributed by atoms with Gasteiger partial charge in [-0.05, 0) is 49.2 Å². The van der Waals surface area contributed by atoms with E-state index in [4.69, 9.17) is 4.74 Å². The van der Waals surface area contributed by atoms with Crippen molar-refractivity contribution in [2.75, 3.05) is 25.5 Å². The van der Waals surface area contributed by atoms with Crippen molar-refractivity contribution in [2.45, 2.75) is 17.7 Å². The van der Waals surface area contributed by atoms with E-state index in [2.05, 4.69) is 21.2 Å². The van der Waals surface area contributed by atoms with Crippen LogP contribution in [0.4, 0.5) is 5.69 Å². The molecule has 1 amide bonds. The summed E-state index contributed by atoms with van der Waals surface area (Å²) in [6, 6.07) is 13.7. The molecule has 2 aromatic rings. The van der Waals surface area contributed by atoms with Crippen LogP contribution in [0.3, 0.4) is 0 Å². The number of methoxy groups -OCH3 is 1. The molecule has 1 unspecified atom stereocenters. The highest BCUT2D eigenvalue weighted by Gasteiger charge is 2.33. The first-order chi connectivity index (χ1) is 12.9. The van der Waals surface area contributed by atoms with Gasteiger partial charge in [-0.15, -0.1) is 0 Å². The lowest BCUT2D eigenvalue weighted by atomic mass is 9.98. The van der Waals surface area contributed by atoms with E-state index in [0.29, 0.717) is 30.8 Å². The van der Waals surface area contributed by atoms with Crippen LogP contribution in [0.2, 0.25) is 0 Å². The highest BCUT2D eigenvalue weighted by Crippen LogP contribution is 2.28. The Morgan fingerprint density at radius 1 is 1.19 bits per heavy atom. The summed E-state index contributed by atoms with van der Waals surface area (Å²) >= 11 is 3.31. The molecule has 0 bridgehead atoms. The van der Waals surface area contributed by atoms with Crippen LogP contribution in [0.25, 0.3) is 0 Å². The highest BCUT2D eigenvalue weighted by atomic mass is 79.9. The summed E-state index contributed by atoms with van der Waals surface area (Å²) in [4.78, 5) is 12.9. The third-order valence-electron chi connectivity index (χ3n) is 4.57. The third-order valence-corrected chi connectivity index (χ3v) is 6.98. The van der Waals surface area contributed by atoms with Crippen LogP contribution in [-0.2, 0) is 14.8 Å². The van der Waals surface area contributed by atoms with Crippen molar-refractivity contribution in [3.05, 3.63) is 53.0 Å². The predicted octanol–water partition coefficient (Wildman–Crippen LogP) is 3.50. The van der Waals surface area contributed by atoms with E-state index < -0.39 is 15.9 Å². The van der Waals surface area contributed by atoms with E-state index in [1.54, 1.807) is 36.4 Å². The second-order valence-electron chi connectivity index (χ2n) is 6.35. The molecule has 1 fully saturated rings. The van der Waals surface area contributed by atoms with Crippen molar-refractivity contribution < 1.29 is 17.9 Å². The average Bonchev–Trinajstić information content (AvgIpc) is 2.69. The number of sulfonamides is 1. The van der Waals surface area contributed by atoms with E-state index in [9.17, 15) is 13.2 Å². The Kier molecular flexibility index (Phi) is 6.18. The lowest BCUT2D eigenvalue weighted by Crippen LogP contribution is -2.43. The maximum atomic E-state index is 12.9. The highest BCUT2D eigenvalue weighted by molar-refractivity contribution is 9.10. The fraction of sp³-hybridized carbons (Fsp3) is 0.316. The Hall–Kier alpha value is -1.90. The summed E-state index contributed by atoms with van der Waals surface area (Å²) in [5.74, 6) is -0.0370. The fourth-order valence-corrected chi connectivity index (χ4v) is 4.90. The molecule has 0 radical (unpaired) electrons. The van der Waals surface area contributed by atoms with Gasteiger partial charge < -0.3 is 10.1 Å². The van der Waals surface area contributed by atoms with Crippen LogP contribution in [0.1, 0.15) is 12.8 Å². The standard InChI is InChI=1S/C19H21BrN2O4S/c1-26-18-7-3-2-6-17(18)21-19(23)14-5-4-12-22(13-14)27(24,25)16-10-8-15(20)9-11-16/h2-3,6-11,14H,4-5,12-13H2,1H3,(H,21,23). The van der Waals surface area contributed by atoms with Crippen LogP contribution in [0.15, 0.2) is 57.9 Å². The zero-order valence-corrected chi connectivity index (χ0v) is 17.3. The van der Waals surface area contributed by atoms with Gasteiger partial charge in [-0.1, -0.05) is 28.1 Å². The topological polar surface area (TPSA) is 75.7 Å². The Bertz CT molecular complexity index is 916. The molecular weight excluding hydrogens is 432 g/mol. The van der Waals surface area contributed by atoms with Gasteiger partial charge >= 0.3 is 0 Å². The molecule has 0 saturated carbocycles. The van der Waals surface area contributed by atoms with E-state index in [1.165, 1.54) is 11.4 Å². The Balaban J connectivity index is 1.73. The first-order valence-corrected chi connectivity index (χ1v) is 10.8. The number of rotatable bonds is 5. The number of anilines is 1. The van der Waals surface area contributed by atoms with Crippen LogP contribution in [0, 0.1) is 5.92 Å². The molecule has 1 aliphatic heterocycles. The number of nitrogens with zero attached hydrogens (tertiary/aromatic N) is 1. The lowest BCUT2D eigenvalue weighted by Gasteiger charge is -2.31. The molecule has 0 aromatic heterocycles. The average molecular weight is 453 g/mol. The van der Waals surface area contributed by atoms with Crippen molar-refractivity contribution >= 4 is 37.5 Å². The summed E-state index contributed by atoms with van der Waals surface area (Å²) in [6.45, 7) is 0.580. The van der Waals surface area contributed by atoms with Gasteiger partial charge in [0, 0.05) is 17.6 Å². The van der Waals surface area contributed by atoms with Crippen LogP contribution in [-0.4, -0.2) is 38.8 Å². The minimum absolute atomic E-state index is 0.166. The van der Waals surface area contributed by atoms with Gasteiger partial charge in [0.1, 0.15) is 5.75 Å². The summed E-state index contributed by atoms with van der Waals surface area (Å²) in [7, 11) is -2.08. The molecule has 8 heteroatoms. The van der Waals surface area contributed by atoms with Gasteiger partial charge in [0.05, 0.1) is 23.6 Å². The van der Waals surface area contributed by atoms with E-state index >= 15 is 0 Å². The Morgan fingerprint density at radius 3 is 2.59 bits per heavy atom. The summed E-state index contributed by atoms with van der Waals surface area (Å²) in [5.41, 5.74) is 0.581. The van der Waals surface area contributed by atoms with Crippen LogP contribution >= 0.6 is 15.9 Å². The quantitative estimate of drug-likeness (QED) is 0.752. The molecule has 0 spiro atoms. The molecule has 2 aromatic carbocycles. The van der Waals surface area contributed by atoms with E-state index in [-0.39, 0.29) is 17.3 Å². The number of nitrogens with one attached hydrogen (secondary N) is 1. The molecule has 3 rings (SSSR count). The number of carbonyl (C=O) groups excluding carboxylic acids is 1. The summed E-state index contributed by atoms with van der Waals surface area (Å²) in [6.07, 6.45) is 1.28.